The molecule has 0 radical (unpaired) electrons. The Balaban J connectivity index is 1.79. The lowest BCUT2D eigenvalue weighted by atomic mass is 9.69. The maximum atomic E-state index is 14.8. The molecule has 160 valence electrons. The SMILES string of the molecule is COC(=O)C1C(C)=NC2=C(C(=O)C[C@@H](c3ccc(OC)cc3)C2)[C@@H]1c1ccccc1F. The highest BCUT2D eigenvalue weighted by Crippen LogP contribution is 2.47. The Morgan fingerprint density at radius 2 is 1.77 bits per heavy atom. The zero-order valence-corrected chi connectivity index (χ0v) is 17.7. The Morgan fingerprint density at radius 3 is 2.42 bits per heavy atom. The van der Waals surface area contributed by atoms with Crippen LogP contribution in [-0.4, -0.2) is 31.7 Å². The summed E-state index contributed by atoms with van der Waals surface area (Å²) < 4.78 is 25.0. The molecule has 5 nitrogen and oxygen atoms in total. The number of Topliss-reactive ketones (excluding diaryl/α,β-unsaturated/α-hetero) is 1. The molecule has 1 unspecified atom stereocenters. The van der Waals surface area contributed by atoms with E-state index in [1.165, 1.54) is 13.2 Å². The van der Waals surface area contributed by atoms with E-state index in [0.717, 1.165) is 11.3 Å². The molecule has 3 atom stereocenters. The van der Waals surface area contributed by atoms with Gasteiger partial charge >= 0.3 is 5.97 Å². The van der Waals surface area contributed by atoms with Crippen molar-refractivity contribution in [3.05, 3.63) is 76.7 Å². The fourth-order valence-electron chi connectivity index (χ4n) is 4.67. The Bertz CT molecular complexity index is 1090. The Kier molecular flexibility index (Phi) is 5.72. The van der Waals surface area contributed by atoms with Gasteiger partial charge in [-0.1, -0.05) is 30.3 Å². The first-order valence-electron chi connectivity index (χ1n) is 10.2. The number of hydrogen-bond donors (Lipinski definition) is 0. The van der Waals surface area contributed by atoms with E-state index in [1.54, 1.807) is 32.2 Å². The van der Waals surface area contributed by atoms with Crippen molar-refractivity contribution >= 4 is 17.5 Å². The second kappa shape index (κ2) is 8.46. The lowest BCUT2D eigenvalue weighted by Crippen LogP contribution is -2.38. The van der Waals surface area contributed by atoms with Crippen LogP contribution in [0.1, 0.15) is 42.7 Å². The van der Waals surface area contributed by atoms with E-state index in [1.807, 2.05) is 24.3 Å². The predicted octanol–water partition coefficient (Wildman–Crippen LogP) is 4.58. The van der Waals surface area contributed by atoms with Gasteiger partial charge in [0.25, 0.3) is 0 Å². The van der Waals surface area contributed by atoms with Gasteiger partial charge in [0.05, 0.1) is 14.2 Å². The van der Waals surface area contributed by atoms with Crippen LogP contribution in [0.3, 0.4) is 0 Å². The van der Waals surface area contributed by atoms with Crippen molar-refractivity contribution in [2.75, 3.05) is 14.2 Å². The Hall–Kier alpha value is -3.28. The van der Waals surface area contributed by atoms with Gasteiger partial charge in [0.2, 0.25) is 0 Å². The molecule has 0 aromatic heterocycles. The average Bonchev–Trinajstić information content (AvgIpc) is 2.78. The van der Waals surface area contributed by atoms with Crippen LogP contribution in [0, 0.1) is 11.7 Å². The van der Waals surface area contributed by atoms with Crippen LogP contribution in [0.5, 0.6) is 5.75 Å². The Labute approximate surface area is 180 Å². The second-order valence-corrected chi connectivity index (χ2v) is 7.92. The quantitative estimate of drug-likeness (QED) is 0.678. The molecule has 1 heterocycles. The van der Waals surface area contributed by atoms with Crippen LogP contribution < -0.4 is 4.74 Å². The Morgan fingerprint density at radius 1 is 1.06 bits per heavy atom. The number of carbonyl (C=O) groups excluding carboxylic acids is 2. The molecule has 6 heteroatoms. The van der Waals surface area contributed by atoms with Gasteiger partial charge in [-0.3, -0.25) is 14.6 Å². The second-order valence-electron chi connectivity index (χ2n) is 7.92. The summed E-state index contributed by atoms with van der Waals surface area (Å²) in [7, 11) is 2.90. The number of carbonyl (C=O) groups is 2. The molecule has 0 spiro atoms. The third kappa shape index (κ3) is 3.78. The monoisotopic (exact) mass is 421 g/mol. The number of halogens is 1. The summed E-state index contributed by atoms with van der Waals surface area (Å²) >= 11 is 0. The minimum atomic E-state index is -0.831. The van der Waals surface area contributed by atoms with Gasteiger partial charge in [0.1, 0.15) is 17.5 Å². The number of ether oxygens (including phenoxy) is 2. The molecule has 0 saturated heterocycles. The van der Waals surface area contributed by atoms with E-state index in [9.17, 15) is 14.0 Å². The summed E-state index contributed by atoms with van der Waals surface area (Å²) in [5.74, 6) is -1.95. The summed E-state index contributed by atoms with van der Waals surface area (Å²) in [5, 5.41) is 0. The van der Waals surface area contributed by atoms with Crippen LogP contribution in [0.4, 0.5) is 4.39 Å². The van der Waals surface area contributed by atoms with Gasteiger partial charge in [-0.15, -0.1) is 0 Å². The highest BCUT2D eigenvalue weighted by atomic mass is 19.1. The molecule has 0 fully saturated rings. The summed E-state index contributed by atoms with van der Waals surface area (Å²) in [5.41, 5.74) is 2.92. The zero-order chi connectivity index (χ0) is 22.1. The molecule has 1 aliphatic carbocycles. The fraction of sp³-hybridized carbons (Fsp3) is 0.320. The smallest absolute Gasteiger partial charge is 0.315 e. The van der Waals surface area contributed by atoms with Crippen LogP contribution in [0.2, 0.25) is 0 Å². The van der Waals surface area contributed by atoms with Gasteiger partial charge in [0.15, 0.2) is 5.78 Å². The maximum absolute atomic E-state index is 14.8. The van der Waals surface area contributed by atoms with Gasteiger partial charge in [-0.05, 0) is 48.6 Å². The summed E-state index contributed by atoms with van der Waals surface area (Å²) in [6.45, 7) is 1.74. The van der Waals surface area contributed by atoms with E-state index < -0.39 is 23.6 Å². The summed E-state index contributed by atoms with van der Waals surface area (Å²) in [6.07, 6.45) is 0.822. The molecule has 1 aliphatic heterocycles. The van der Waals surface area contributed by atoms with E-state index in [-0.39, 0.29) is 18.1 Å². The number of esters is 1. The average molecular weight is 421 g/mol. The fourth-order valence-corrected chi connectivity index (χ4v) is 4.67. The molecule has 2 aromatic carbocycles. The first kappa shape index (κ1) is 21.0. The molecular formula is C25H24FNO4. The van der Waals surface area contributed by atoms with Crippen molar-refractivity contribution in [1.82, 2.24) is 0 Å². The summed E-state index contributed by atoms with van der Waals surface area (Å²) in [4.78, 5) is 30.6. The van der Waals surface area contributed by atoms with Crippen molar-refractivity contribution in [3.8, 4) is 5.75 Å². The minimum absolute atomic E-state index is 0.0374. The van der Waals surface area contributed by atoms with E-state index in [2.05, 4.69) is 4.99 Å². The first-order valence-corrected chi connectivity index (χ1v) is 10.2. The van der Waals surface area contributed by atoms with Crippen LogP contribution in [0.15, 0.2) is 64.8 Å². The lowest BCUT2D eigenvalue weighted by Gasteiger charge is -2.36. The van der Waals surface area contributed by atoms with Crippen molar-refractivity contribution in [3.63, 3.8) is 0 Å². The number of hydrogen-bond acceptors (Lipinski definition) is 5. The maximum Gasteiger partial charge on any atom is 0.315 e. The molecule has 0 N–H and O–H groups in total. The van der Waals surface area contributed by atoms with Crippen molar-refractivity contribution in [2.24, 2.45) is 10.9 Å². The number of rotatable bonds is 4. The van der Waals surface area contributed by atoms with E-state index in [4.69, 9.17) is 9.47 Å². The number of methoxy groups -OCH3 is 2. The number of allylic oxidation sites excluding steroid dienone is 2. The third-order valence-electron chi connectivity index (χ3n) is 6.17. The topological polar surface area (TPSA) is 65.0 Å². The highest BCUT2D eigenvalue weighted by Gasteiger charge is 2.45. The van der Waals surface area contributed by atoms with Crippen molar-refractivity contribution in [2.45, 2.75) is 31.6 Å². The molecule has 0 amide bonds. The standard InChI is InChI=1S/C25H24FNO4/c1-14-22(25(29)31-3)23(18-6-4-5-7-19(18)26)24-20(27-14)12-16(13-21(24)28)15-8-10-17(30-2)11-9-15/h4-11,16,22-23H,12-13H2,1-3H3/t16-,22?,23+/m0/s1. The van der Waals surface area contributed by atoms with Crippen LogP contribution in [-0.2, 0) is 14.3 Å². The number of ketones is 1. The van der Waals surface area contributed by atoms with Crippen LogP contribution in [0.25, 0.3) is 0 Å². The summed E-state index contributed by atoms with van der Waals surface area (Å²) in [6, 6.07) is 13.9. The zero-order valence-electron chi connectivity index (χ0n) is 17.7. The van der Waals surface area contributed by atoms with Crippen molar-refractivity contribution < 1.29 is 23.5 Å². The van der Waals surface area contributed by atoms with E-state index >= 15 is 0 Å². The molecule has 0 bridgehead atoms. The number of aliphatic imine (C=N–C) groups is 1. The molecule has 2 aliphatic rings. The predicted molar refractivity (Wildman–Crippen MR) is 115 cm³/mol. The molecule has 31 heavy (non-hydrogen) atoms. The molecule has 2 aromatic rings. The van der Waals surface area contributed by atoms with Gasteiger partial charge in [-0.25, -0.2) is 4.39 Å². The molecule has 0 saturated carbocycles. The van der Waals surface area contributed by atoms with Crippen LogP contribution >= 0.6 is 0 Å². The largest absolute Gasteiger partial charge is 0.497 e. The van der Waals surface area contributed by atoms with Crippen molar-refractivity contribution in [1.29, 1.82) is 0 Å². The number of benzene rings is 2. The van der Waals surface area contributed by atoms with Gasteiger partial charge in [0, 0.05) is 29.3 Å². The number of nitrogens with zero attached hydrogens (tertiary/aromatic N) is 1. The normalized spacial score (nSPS) is 23.2. The highest BCUT2D eigenvalue weighted by molar-refractivity contribution is 6.09. The van der Waals surface area contributed by atoms with Gasteiger partial charge in [-0.2, -0.15) is 0 Å². The third-order valence-corrected chi connectivity index (χ3v) is 6.17. The minimum Gasteiger partial charge on any atom is -0.497 e. The molecule has 4 rings (SSSR count). The van der Waals surface area contributed by atoms with Gasteiger partial charge < -0.3 is 9.47 Å². The first-order chi connectivity index (χ1) is 14.9. The van der Waals surface area contributed by atoms with E-state index in [0.29, 0.717) is 29.0 Å². The lowest BCUT2D eigenvalue weighted by molar-refractivity contribution is -0.143. The molecular weight excluding hydrogens is 397 g/mol.